The Labute approximate surface area is 54.3 Å². The minimum Gasteiger partial charge on any atom is -0.234 e. The molecule has 46 valence electrons. The maximum Gasteiger partial charge on any atom is 0.123 e. The van der Waals surface area contributed by atoms with E-state index in [4.69, 9.17) is 11.6 Å². The molecule has 0 heterocycles. The van der Waals surface area contributed by atoms with Crippen LogP contribution in [0.25, 0.3) is 0 Å². The molecule has 0 saturated carbocycles. The topological polar surface area (TPSA) is 17.1 Å². The van der Waals surface area contributed by atoms with Crippen molar-refractivity contribution in [2.24, 2.45) is 0 Å². The van der Waals surface area contributed by atoms with Gasteiger partial charge in [-0.05, 0) is 19.8 Å². The minimum atomic E-state index is 0.624. The second-order valence-corrected chi connectivity index (χ2v) is 2.05. The fourth-order valence-corrected chi connectivity index (χ4v) is 0.517. The summed E-state index contributed by atoms with van der Waals surface area (Å²) < 4.78 is 0. The van der Waals surface area contributed by atoms with Crippen LogP contribution in [0.1, 0.15) is 19.8 Å². The zero-order valence-electron chi connectivity index (χ0n) is 4.91. The van der Waals surface area contributed by atoms with Crippen LogP contribution in [-0.4, -0.2) is 11.8 Å². The molecular weight excluding hydrogens is 124 g/mol. The Morgan fingerprint density at radius 1 is 1.75 bits per heavy atom. The van der Waals surface area contributed by atoms with E-state index in [0.717, 1.165) is 18.4 Å². The maximum atomic E-state index is 9.81. The molecule has 0 amide bonds. The van der Waals surface area contributed by atoms with Gasteiger partial charge >= 0.3 is 0 Å². The monoisotopic (exact) mass is 132 g/mol. The van der Waals surface area contributed by atoms with Crippen LogP contribution in [0.3, 0.4) is 0 Å². The van der Waals surface area contributed by atoms with Gasteiger partial charge in [-0.3, -0.25) is 0 Å². The van der Waals surface area contributed by atoms with E-state index >= 15 is 0 Å². The average molecular weight is 133 g/mol. The Morgan fingerprint density at radius 3 is 2.75 bits per heavy atom. The summed E-state index contributed by atoms with van der Waals surface area (Å²) >= 11 is 5.36. The molecule has 0 aliphatic rings. The van der Waals surface area contributed by atoms with Crippen molar-refractivity contribution in [2.75, 3.05) is 5.88 Å². The van der Waals surface area contributed by atoms with E-state index in [1.807, 2.05) is 5.94 Å². The zero-order valence-corrected chi connectivity index (χ0v) is 5.66. The summed E-state index contributed by atoms with van der Waals surface area (Å²) in [6, 6.07) is 0. The molecule has 0 fully saturated rings. The molecule has 0 saturated heterocycles. The first-order valence-electron chi connectivity index (χ1n) is 2.57. The average Bonchev–Trinajstić information content (AvgIpc) is 1.83. The van der Waals surface area contributed by atoms with Crippen LogP contribution in [0, 0.1) is 0 Å². The molecule has 8 heavy (non-hydrogen) atoms. The second-order valence-electron chi connectivity index (χ2n) is 1.67. The van der Waals surface area contributed by atoms with E-state index in [1.165, 1.54) is 0 Å². The van der Waals surface area contributed by atoms with Gasteiger partial charge in [0.05, 0.1) is 0 Å². The van der Waals surface area contributed by atoms with Crippen LogP contribution in [0.5, 0.6) is 0 Å². The Morgan fingerprint density at radius 2 is 2.38 bits per heavy atom. The Kier molecular flexibility index (Phi) is 4.73. The summed E-state index contributed by atoms with van der Waals surface area (Å²) in [5.74, 6) is 2.43. The molecule has 0 aromatic heterocycles. The second kappa shape index (κ2) is 4.89. The molecule has 0 rings (SSSR count). The third kappa shape index (κ3) is 3.91. The third-order valence-corrected chi connectivity index (χ3v) is 1.13. The number of hydrogen-bond acceptors (Lipinski definition) is 1. The van der Waals surface area contributed by atoms with Crippen LogP contribution in [-0.2, 0) is 4.79 Å². The van der Waals surface area contributed by atoms with Gasteiger partial charge in [0.2, 0.25) is 0 Å². The van der Waals surface area contributed by atoms with E-state index in [9.17, 15) is 4.79 Å². The van der Waals surface area contributed by atoms with Crippen molar-refractivity contribution >= 4 is 17.5 Å². The molecule has 0 unspecified atom stereocenters. The van der Waals surface area contributed by atoms with Gasteiger partial charge in [-0.15, -0.1) is 11.6 Å². The molecule has 0 aliphatic heterocycles. The molecule has 0 aromatic carbocycles. The van der Waals surface area contributed by atoms with Crippen LogP contribution >= 0.6 is 11.6 Å². The van der Waals surface area contributed by atoms with E-state index in [1.54, 1.807) is 6.92 Å². The lowest BCUT2D eigenvalue weighted by molar-refractivity contribution is 0.566. The maximum absolute atomic E-state index is 9.81. The number of alkyl halides is 1. The SMILES string of the molecule is CC(=C=O)CCCCl. The predicted molar refractivity (Wildman–Crippen MR) is 34.8 cm³/mol. The molecule has 0 atom stereocenters. The van der Waals surface area contributed by atoms with Gasteiger partial charge in [-0.2, -0.15) is 0 Å². The summed E-state index contributed by atoms with van der Waals surface area (Å²) in [5.41, 5.74) is 0.755. The highest BCUT2D eigenvalue weighted by atomic mass is 35.5. The standard InChI is InChI=1S/C6H9ClO/c1-6(5-8)3-2-4-7/h2-4H2,1H3. The molecule has 1 nitrogen and oxygen atoms in total. The van der Waals surface area contributed by atoms with Gasteiger partial charge in [0.25, 0.3) is 0 Å². The highest BCUT2D eigenvalue weighted by molar-refractivity contribution is 6.17. The van der Waals surface area contributed by atoms with Crippen LogP contribution in [0.4, 0.5) is 0 Å². The van der Waals surface area contributed by atoms with E-state index in [-0.39, 0.29) is 0 Å². The number of hydrogen-bond donors (Lipinski definition) is 0. The van der Waals surface area contributed by atoms with Gasteiger partial charge < -0.3 is 0 Å². The first-order chi connectivity index (χ1) is 3.81. The zero-order chi connectivity index (χ0) is 6.41. The quantitative estimate of drug-likeness (QED) is 0.423. The number of carbonyl (C=O) groups excluding carboxylic acids is 1. The summed E-state index contributed by atoms with van der Waals surface area (Å²) in [6.07, 6.45) is 1.66. The molecule has 0 radical (unpaired) electrons. The molecule has 0 spiro atoms. The van der Waals surface area contributed by atoms with Crippen molar-refractivity contribution in [3.63, 3.8) is 0 Å². The predicted octanol–water partition coefficient (Wildman–Crippen LogP) is 1.78. The van der Waals surface area contributed by atoms with Crippen molar-refractivity contribution in [1.29, 1.82) is 0 Å². The van der Waals surface area contributed by atoms with Crippen molar-refractivity contribution in [3.8, 4) is 0 Å². The van der Waals surface area contributed by atoms with E-state index < -0.39 is 0 Å². The highest BCUT2D eigenvalue weighted by Gasteiger charge is 1.87. The van der Waals surface area contributed by atoms with E-state index in [2.05, 4.69) is 0 Å². The summed E-state index contributed by atoms with van der Waals surface area (Å²) in [7, 11) is 0. The van der Waals surface area contributed by atoms with Crippen molar-refractivity contribution in [3.05, 3.63) is 5.57 Å². The Bertz CT molecular complexity index is 103. The number of allylic oxidation sites excluding steroid dienone is 1. The van der Waals surface area contributed by atoms with Gasteiger partial charge in [-0.25, -0.2) is 4.79 Å². The molecule has 0 aromatic rings. The largest absolute Gasteiger partial charge is 0.234 e. The van der Waals surface area contributed by atoms with Crippen molar-refractivity contribution < 1.29 is 4.79 Å². The van der Waals surface area contributed by atoms with Crippen molar-refractivity contribution in [2.45, 2.75) is 19.8 Å². The molecule has 0 bridgehead atoms. The first kappa shape index (κ1) is 7.74. The molecule has 0 N–H and O–H groups in total. The third-order valence-electron chi connectivity index (χ3n) is 0.860. The van der Waals surface area contributed by atoms with Crippen LogP contribution in [0.15, 0.2) is 5.57 Å². The minimum absolute atomic E-state index is 0.624. The molecular formula is C6H9ClO. The number of rotatable bonds is 3. The fraction of sp³-hybridized carbons (Fsp3) is 0.667. The fourth-order valence-electron chi connectivity index (χ4n) is 0.383. The normalized spacial score (nSPS) is 8.25. The molecule has 2 heteroatoms. The Hall–Kier alpha value is -0.260. The Balaban J connectivity index is 3.26. The highest BCUT2D eigenvalue weighted by Crippen LogP contribution is 1.99. The van der Waals surface area contributed by atoms with Gasteiger partial charge in [0.1, 0.15) is 5.94 Å². The lowest BCUT2D eigenvalue weighted by Crippen LogP contribution is -1.78. The van der Waals surface area contributed by atoms with Crippen LogP contribution < -0.4 is 0 Å². The van der Waals surface area contributed by atoms with Gasteiger partial charge in [-0.1, -0.05) is 0 Å². The van der Waals surface area contributed by atoms with Crippen molar-refractivity contribution in [1.82, 2.24) is 0 Å². The van der Waals surface area contributed by atoms with Crippen LogP contribution in [0.2, 0.25) is 0 Å². The lowest BCUT2D eigenvalue weighted by atomic mass is 10.2. The summed E-state index contributed by atoms with van der Waals surface area (Å²) in [6.45, 7) is 1.76. The van der Waals surface area contributed by atoms with Gasteiger partial charge in [0, 0.05) is 11.5 Å². The van der Waals surface area contributed by atoms with E-state index in [0.29, 0.717) is 5.88 Å². The van der Waals surface area contributed by atoms with Gasteiger partial charge in [0.15, 0.2) is 0 Å². The summed E-state index contributed by atoms with van der Waals surface area (Å²) in [5, 5.41) is 0. The summed E-state index contributed by atoms with van der Waals surface area (Å²) in [4.78, 5) is 9.81. The molecule has 0 aliphatic carbocycles. The number of halogens is 1. The lowest BCUT2D eigenvalue weighted by Gasteiger charge is -1.88. The smallest absolute Gasteiger partial charge is 0.123 e. The first-order valence-corrected chi connectivity index (χ1v) is 3.11.